The Morgan fingerprint density at radius 3 is 2.82 bits per heavy atom. The first-order chi connectivity index (χ1) is 13.7. The van der Waals surface area contributed by atoms with Crippen LogP contribution in [0.2, 0.25) is 0 Å². The second kappa shape index (κ2) is 8.70. The van der Waals surface area contributed by atoms with Crippen molar-refractivity contribution in [2.45, 2.75) is 32.2 Å². The van der Waals surface area contributed by atoms with Crippen LogP contribution in [0.1, 0.15) is 27.9 Å². The van der Waals surface area contributed by atoms with Crippen molar-refractivity contribution in [1.82, 2.24) is 4.57 Å². The summed E-state index contributed by atoms with van der Waals surface area (Å²) in [6, 6.07) is 21.6. The molecule has 0 saturated heterocycles. The van der Waals surface area contributed by atoms with Gasteiger partial charge in [0.2, 0.25) is 5.90 Å². The number of ether oxygens (including phenoxy) is 1. The molecule has 3 nitrogen and oxygen atoms in total. The van der Waals surface area contributed by atoms with Gasteiger partial charge in [-0.3, -0.25) is 0 Å². The monoisotopic (exact) mass is 390 g/mol. The molecule has 0 spiro atoms. The van der Waals surface area contributed by atoms with Crippen molar-refractivity contribution in [1.29, 1.82) is 0 Å². The van der Waals surface area contributed by atoms with E-state index < -0.39 is 0 Å². The summed E-state index contributed by atoms with van der Waals surface area (Å²) in [6.07, 6.45) is 2.10. The summed E-state index contributed by atoms with van der Waals surface area (Å²) >= 11 is 1.93. The fourth-order valence-electron chi connectivity index (χ4n) is 3.47. The number of aryl methyl sites for hydroxylation is 2. The van der Waals surface area contributed by atoms with Crippen LogP contribution >= 0.6 is 11.8 Å². The van der Waals surface area contributed by atoms with E-state index in [9.17, 15) is 0 Å². The van der Waals surface area contributed by atoms with Gasteiger partial charge in [-0.05, 0) is 42.7 Å². The number of aromatic nitrogens is 1. The van der Waals surface area contributed by atoms with Crippen LogP contribution in [0.5, 0.6) is 0 Å². The van der Waals surface area contributed by atoms with Gasteiger partial charge in [0.05, 0.1) is 6.04 Å². The van der Waals surface area contributed by atoms with Crippen molar-refractivity contribution in [2.75, 3.05) is 12.4 Å². The van der Waals surface area contributed by atoms with E-state index in [-0.39, 0.29) is 6.04 Å². The Balaban J connectivity index is 1.38. The molecule has 1 aliphatic rings. The zero-order valence-electron chi connectivity index (χ0n) is 16.5. The second-order valence-electron chi connectivity index (χ2n) is 7.35. The van der Waals surface area contributed by atoms with Crippen molar-refractivity contribution < 1.29 is 4.74 Å². The smallest absolute Gasteiger partial charge is 0.233 e. The predicted octanol–water partition coefficient (Wildman–Crippen LogP) is 5.23. The zero-order valence-corrected chi connectivity index (χ0v) is 17.3. The Morgan fingerprint density at radius 2 is 1.96 bits per heavy atom. The molecule has 0 unspecified atom stereocenters. The van der Waals surface area contributed by atoms with E-state index in [1.807, 2.05) is 11.8 Å². The highest BCUT2D eigenvalue weighted by atomic mass is 32.2. The van der Waals surface area contributed by atoms with Crippen molar-refractivity contribution in [3.8, 4) is 0 Å². The molecule has 1 atom stereocenters. The van der Waals surface area contributed by atoms with Crippen LogP contribution in [0.3, 0.4) is 0 Å². The summed E-state index contributed by atoms with van der Waals surface area (Å²) in [7, 11) is 0. The highest BCUT2D eigenvalue weighted by Gasteiger charge is 2.22. The highest BCUT2D eigenvalue weighted by molar-refractivity contribution is 7.98. The fraction of sp³-hybridized carbons (Fsp3) is 0.292. The van der Waals surface area contributed by atoms with E-state index in [1.165, 1.54) is 22.3 Å². The molecule has 4 rings (SSSR count). The molecular weight excluding hydrogens is 364 g/mol. The number of benzene rings is 2. The average molecular weight is 391 g/mol. The molecule has 3 aromatic rings. The molecule has 0 amide bonds. The maximum absolute atomic E-state index is 5.96. The summed E-state index contributed by atoms with van der Waals surface area (Å²) in [4.78, 5) is 4.86. The molecule has 0 N–H and O–H groups in total. The molecule has 0 aliphatic carbocycles. The summed E-state index contributed by atoms with van der Waals surface area (Å²) in [6.45, 7) is 5.81. The third-order valence-electron chi connectivity index (χ3n) is 5.02. The van der Waals surface area contributed by atoms with E-state index in [0.29, 0.717) is 6.61 Å². The Bertz CT molecular complexity index is 976. The molecule has 4 heteroatoms. The predicted molar refractivity (Wildman–Crippen MR) is 118 cm³/mol. The van der Waals surface area contributed by atoms with Gasteiger partial charge in [0.25, 0.3) is 0 Å². The van der Waals surface area contributed by atoms with Crippen molar-refractivity contribution in [2.24, 2.45) is 4.99 Å². The van der Waals surface area contributed by atoms with Crippen LogP contribution < -0.4 is 0 Å². The van der Waals surface area contributed by atoms with Gasteiger partial charge >= 0.3 is 0 Å². The molecule has 0 radical (unpaired) electrons. The molecule has 2 aromatic carbocycles. The summed E-state index contributed by atoms with van der Waals surface area (Å²) in [5, 5.41) is 0. The molecule has 1 aliphatic heterocycles. The molecule has 0 bridgehead atoms. The van der Waals surface area contributed by atoms with Crippen LogP contribution in [0.15, 0.2) is 71.9 Å². The van der Waals surface area contributed by atoms with Crippen LogP contribution in [0, 0.1) is 13.8 Å². The number of hydrogen-bond acceptors (Lipinski definition) is 3. The quantitative estimate of drug-likeness (QED) is 0.552. The minimum atomic E-state index is 0.228. The van der Waals surface area contributed by atoms with E-state index in [4.69, 9.17) is 9.73 Å². The number of nitrogens with zero attached hydrogens (tertiary/aromatic N) is 2. The topological polar surface area (TPSA) is 26.5 Å². The lowest BCUT2D eigenvalue weighted by molar-refractivity contribution is 0.323. The van der Waals surface area contributed by atoms with E-state index in [2.05, 4.69) is 85.3 Å². The molecule has 28 heavy (non-hydrogen) atoms. The maximum Gasteiger partial charge on any atom is 0.233 e. The van der Waals surface area contributed by atoms with Crippen molar-refractivity contribution in [3.63, 3.8) is 0 Å². The van der Waals surface area contributed by atoms with Gasteiger partial charge in [0.15, 0.2) is 0 Å². The Labute approximate surface area is 171 Å². The van der Waals surface area contributed by atoms with Crippen LogP contribution in [-0.2, 0) is 17.0 Å². The molecule has 2 heterocycles. The SMILES string of the molecule is Cc1cccc(CSC[C@@H]2COC(c3cccn3Cc3ccccc3C)=N2)c1. The average Bonchev–Trinajstić information content (AvgIpc) is 3.33. The highest BCUT2D eigenvalue weighted by Crippen LogP contribution is 2.20. The molecule has 144 valence electrons. The van der Waals surface area contributed by atoms with Gasteiger partial charge in [-0.1, -0.05) is 54.1 Å². The second-order valence-corrected chi connectivity index (χ2v) is 8.38. The maximum atomic E-state index is 5.96. The Morgan fingerprint density at radius 1 is 1.07 bits per heavy atom. The van der Waals surface area contributed by atoms with Crippen LogP contribution in [-0.4, -0.2) is 28.9 Å². The fourth-order valence-corrected chi connectivity index (χ4v) is 4.45. The zero-order chi connectivity index (χ0) is 19.3. The summed E-state index contributed by atoms with van der Waals surface area (Å²) in [5.41, 5.74) is 6.39. The number of aliphatic imine (C=N–C) groups is 1. The third-order valence-corrected chi connectivity index (χ3v) is 6.18. The number of rotatable bonds is 7. The van der Waals surface area contributed by atoms with Crippen LogP contribution in [0.25, 0.3) is 0 Å². The van der Waals surface area contributed by atoms with Gasteiger partial charge in [0, 0.05) is 24.2 Å². The lowest BCUT2D eigenvalue weighted by Gasteiger charge is -2.11. The van der Waals surface area contributed by atoms with Gasteiger partial charge in [-0.2, -0.15) is 11.8 Å². The van der Waals surface area contributed by atoms with Gasteiger partial charge in [-0.15, -0.1) is 0 Å². The molecular formula is C24H26N2OS. The van der Waals surface area contributed by atoms with Gasteiger partial charge in [-0.25, -0.2) is 4.99 Å². The largest absolute Gasteiger partial charge is 0.474 e. The lowest BCUT2D eigenvalue weighted by Crippen LogP contribution is -2.11. The van der Waals surface area contributed by atoms with E-state index in [0.717, 1.165) is 29.6 Å². The lowest BCUT2D eigenvalue weighted by atomic mass is 10.1. The van der Waals surface area contributed by atoms with Gasteiger partial charge < -0.3 is 9.30 Å². The van der Waals surface area contributed by atoms with E-state index in [1.54, 1.807) is 0 Å². The van der Waals surface area contributed by atoms with Gasteiger partial charge in [0.1, 0.15) is 12.3 Å². The Hall–Kier alpha value is -2.46. The molecule has 1 aromatic heterocycles. The first kappa shape index (κ1) is 18.9. The number of hydrogen-bond donors (Lipinski definition) is 0. The number of thioether (sulfide) groups is 1. The molecule has 0 saturated carbocycles. The molecule has 0 fully saturated rings. The minimum absolute atomic E-state index is 0.228. The first-order valence-electron chi connectivity index (χ1n) is 9.73. The summed E-state index contributed by atoms with van der Waals surface area (Å²) < 4.78 is 8.18. The first-order valence-corrected chi connectivity index (χ1v) is 10.9. The standard InChI is InChI=1S/C24H26N2OS/c1-18-7-5-9-20(13-18)16-28-17-22-15-27-24(25-22)23-11-6-12-26(23)14-21-10-4-3-8-19(21)2/h3-13,22H,14-17H2,1-2H3/t22-/m0/s1. The summed E-state index contributed by atoms with van der Waals surface area (Å²) in [5.74, 6) is 2.78. The van der Waals surface area contributed by atoms with Crippen LogP contribution in [0.4, 0.5) is 0 Å². The Kier molecular flexibility index (Phi) is 5.87. The van der Waals surface area contributed by atoms with E-state index >= 15 is 0 Å². The van der Waals surface area contributed by atoms with Crippen molar-refractivity contribution >= 4 is 17.7 Å². The van der Waals surface area contributed by atoms with Crippen molar-refractivity contribution in [3.05, 3.63) is 94.8 Å². The normalized spacial score (nSPS) is 16.1. The third kappa shape index (κ3) is 4.50. The minimum Gasteiger partial charge on any atom is -0.474 e.